The molecule has 5 fully saturated rings. The minimum atomic E-state index is -1.54. The molecule has 0 aromatic carbocycles. The van der Waals surface area contributed by atoms with Crippen LogP contribution in [0.4, 0.5) is 0 Å². The van der Waals surface area contributed by atoms with Gasteiger partial charge < -0.3 is 28.9 Å². The van der Waals surface area contributed by atoms with Gasteiger partial charge in [0.25, 0.3) is 0 Å². The number of nitrogens with zero attached hydrogens (tertiary/aromatic N) is 3. The third-order valence-electron chi connectivity index (χ3n) is 10.8. The first kappa shape index (κ1) is 24.0. The average Bonchev–Trinajstić information content (AvgIpc) is 3.17. The molecule has 0 aromatic rings. The summed E-state index contributed by atoms with van der Waals surface area (Å²) in [5, 5.41) is 15.8. The van der Waals surface area contributed by atoms with Crippen LogP contribution < -0.4 is 0 Å². The van der Waals surface area contributed by atoms with Crippen molar-refractivity contribution in [2.75, 3.05) is 0 Å². The van der Waals surface area contributed by atoms with E-state index in [0.717, 1.165) is 37.0 Å². The monoisotopic (exact) mass is 513 g/mol. The molecule has 2 spiro atoms. The smallest absolute Gasteiger partial charge is 0.249 e. The van der Waals surface area contributed by atoms with Gasteiger partial charge in [-0.05, 0) is 68.5 Å². The van der Waals surface area contributed by atoms with Crippen molar-refractivity contribution in [3.8, 4) is 0 Å². The SMILES string of the molecule is C=C1C(=O)[C@@]23C4OC(C)(C)O[C@]25OC([C@@H]3CC[C@@H]14)[C@]1(C)C2=C(CC[C@H](ON=[N+]=[N-])O2)CC(C)(C)[C@H]1[C@@H]5O. The van der Waals surface area contributed by atoms with Gasteiger partial charge in [-0.25, -0.2) is 0 Å². The summed E-state index contributed by atoms with van der Waals surface area (Å²) in [6, 6.07) is 0. The van der Waals surface area contributed by atoms with Crippen LogP contribution in [-0.2, 0) is 28.6 Å². The van der Waals surface area contributed by atoms with Gasteiger partial charge in [0.2, 0.25) is 12.1 Å². The number of rotatable bonds is 2. The third-order valence-corrected chi connectivity index (χ3v) is 10.8. The van der Waals surface area contributed by atoms with Gasteiger partial charge in [-0.15, -0.1) is 0 Å². The number of carbonyl (C=O) groups is 1. The molecule has 4 heterocycles. The third kappa shape index (κ3) is 2.48. The first-order valence-corrected chi connectivity index (χ1v) is 13.4. The molecule has 3 saturated heterocycles. The van der Waals surface area contributed by atoms with Gasteiger partial charge in [0.1, 0.15) is 22.6 Å². The van der Waals surface area contributed by atoms with E-state index in [9.17, 15) is 9.90 Å². The van der Waals surface area contributed by atoms with E-state index in [1.807, 2.05) is 13.8 Å². The number of hydrogen-bond acceptors (Lipinski definition) is 8. The van der Waals surface area contributed by atoms with Crippen LogP contribution in [0.1, 0.15) is 66.7 Å². The van der Waals surface area contributed by atoms with Crippen LogP contribution in [-0.4, -0.2) is 47.1 Å². The maximum absolute atomic E-state index is 14.3. The zero-order valence-corrected chi connectivity index (χ0v) is 22.0. The van der Waals surface area contributed by atoms with Crippen LogP contribution in [0.2, 0.25) is 0 Å². The Morgan fingerprint density at radius 1 is 1.14 bits per heavy atom. The molecule has 10 heteroatoms. The van der Waals surface area contributed by atoms with Gasteiger partial charge in [0, 0.05) is 29.1 Å². The number of hydrogen-bond donors (Lipinski definition) is 1. The number of allylic oxidation sites excluding steroid dienone is 1. The number of Topliss-reactive ketones (excluding diaryl/α,β-unsaturated/α-hetero) is 1. The van der Waals surface area contributed by atoms with Crippen molar-refractivity contribution in [1.82, 2.24) is 0 Å². The van der Waals surface area contributed by atoms with Crippen LogP contribution in [0.25, 0.3) is 10.4 Å². The lowest BCUT2D eigenvalue weighted by atomic mass is 9.51. The van der Waals surface area contributed by atoms with E-state index >= 15 is 0 Å². The van der Waals surface area contributed by atoms with Crippen LogP contribution in [0.15, 0.2) is 28.8 Å². The van der Waals surface area contributed by atoms with Crippen LogP contribution >= 0.6 is 0 Å². The van der Waals surface area contributed by atoms with Crippen LogP contribution in [0.5, 0.6) is 0 Å². The molecule has 200 valence electrons. The Morgan fingerprint density at radius 2 is 1.89 bits per heavy atom. The lowest BCUT2D eigenvalue weighted by Crippen LogP contribution is -2.75. The standard InChI is InChI=1S/C27H35N3O7/c1-12-14-8-9-15-22-25(6)17(23(2,3)11-13-7-10-16(33-20(13)25)36-30-29-28)19(32)27(35-22)26(15,18(12)31)21(14)34-24(4,5)37-27/h14-17,19,21-22,32H,1,7-11H2,2-6H3/t14-,15-,16-,17+,19-,21?,22?,25-,26-,27-/m0/s1. The number of fused-ring (bicyclic) bond motifs is 5. The van der Waals surface area contributed by atoms with Gasteiger partial charge in [0.05, 0.1) is 17.6 Å². The number of ether oxygens (including phenoxy) is 4. The zero-order chi connectivity index (χ0) is 26.3. The van der Waals surface area contributed by atoms with Gasteiger partial charge in [-0.1, -0.05) is 20.4 Å². The largest absolute Gasteiger partial charge is 0.458 e. The molecule has 4 bridgehead atoms. The molecule has 37 heavy (non-hydrogen) atoms. The first-order valence-electron chi connectivity index (χ1n) is 13.4. The molecule has 7 aliphatic rings. The Bertz CT molecular complexity index is 1210. The Balaban J connectivity index is 1.46. The minimum absolute atomic E-state index is 0.0922. The van der Waals surface area contributed by atoms with Crippen LogP contribution in [0, 0.1) is 34.0 Å². The summed E-state index contributed by atoms with van der Waals surface area (Å²) in [6.07, 6.45) is 0.744. The lowest BCUT2D eigenvalue weighted by Gasteiger charge is -2.63. The number of azide groups is 1. The molecule has 7 rings (SSSR count). The van der Waals surface area contributed by atoms with Crippen molar-refractivity contribution in [3.63, 3.8) is 0 Å². The first-order chi connectivity index (χ1) is 17.3. The second kappa shape index (κ2) is 6.90. The highest BCUT2D eigenvalue weighted by atomic mass is 16.8. The predicted molar refractivity (Wildman–Crippen MR) is 128 cm³/mol. The van der Waals surface area contributed by atoms with Gasteiger partial charge >= 0.3 is 0 Å². The van der Waals surface area contributed by atoms with Crippen molar-refractivity contribution < 1.29 is 33.7 Å². The molecule has 10 nitrogen and oxygen atoms in total. The number of ketones is 1. The summed E-state index contributed by atoms with van der Waals surface area (Å²) in [6.45, 7) is 14.3. The molecule has 10 atom stereocenters. The summed E-state index contributed by atoms with van der Waals surface area (Å²) >= 11 is 0. The topological polar surface area (TPSA) is 132 Å². The molecular weight excluding hydrogens is 478 g/mol. The molecule has 0 radical (unpaired) electrons. The van der Waals surface area contributed by atoms with Crippen molar-refractivity contribution >= 4 is 5.78 Å². The summed E-state index contributed by atoms with van der Waals surface area (Å²) < 4.78 is 26.6. The Morgan fingerprint density at radius 3 is 2.62 bits per heavy atom. The molecular formula is C27H35N3O7. The van der Waals surface area contributed by atoms with E-state index < -0.39 is 47.0 Å². The maximum atomic E-state index is 14.3. The summed E-state index contributed by atoms with van der Waals surface area (Å²) in [5.41, 5.74) is 8.21. The molecule has 2 saturated carbocycles. The second-order valence-corrected chi connectivity index (χ2v) is 13.4. The molecule has 3 aliphatic carbocycles. The normalized spacial score (nSPS) is 51.9. The average molecular weight is 514 g/mol. The van der Waals surface area contributed by atoms with Gasteiger partial charge in [-0.3, -0.25) is 4.79 Å². The Labute approximate surface area is 215 Å². The number of carbonyl (C=O) groups excluding carboxylic acids is 1. The van der Waals surface area contributed by atoms with E-state index in [1.165, 1.54) is 0 Å². The van der Waals surface area contributed by atoms with Crippen molar-refractivity contribution in [2.45, 2.75) is 103 Å². The number of aliphatic hydroxyl groups excluding tert-OH is 1. The minimum Gasteiger partial charge on any atom is -0.458 e. The van der Waals surface area contributed by atoms with Crippen molar-refractivity contribution in [2.24, 2.45) is 39.3 Å². The quantitative estimate of drug-likeness (QED) is 0.190. The Hall–Kier alpha value is -2.10. The summed E-state index contributed by atoms with van der Waals surface area (Å²) in [5.74, 6) is -2.66. The fraction of sp³-hybridized carbons (Fsp3) is 0.815. The van der Waals surface area contributed by atoms with Gasteiger partial charge in [0.15, 0.2) is 11.6 Å². The highest BCUT2D eigenvalue weighted by molar-refractivity contribution is 6.05. The molecule has 1 N–H and O–H groups in total. The van der Waals surface area contributed by atoms with E-state index in [-0.39, 0.29) is 29.0 Å². The molecule has 4 aliphatic heterocycles. The summed E-state index contributed by atoms with van der Waals surface area (Å²) in [7, 11) is 0. The maximum Gasteiger partial charge on any atom is 0.249 e. The highest BCUT2D eigenvalue weighted by Crippen LogP contribution is 2.78. The fourth-order valence-corrected chi connectivity index (χ4v) is 10.0. The molecule has 2 unspecified atom stereocenters. The van der Waals surface area contributed by atoms with E-state index in [1.54, 1.807) is 0 Å². The summed E-state index contributed by atoms with van der Waals surface area (Å²) in [4.78, 5) is 22.3. The van der Waals surface area contributed by atoms with Gasteiger partial charge in [-0.2, -0.15) is 0 Å². The Kier molecular flexibility index (Phi) is 4.47. The van der Waals surface area contributed by atoms with E-state index in [2.05, 4.69) is 37.5 Å². The second-order valence-electron chi connectivity index (χ2n) is 13.4. The van der Waals surface area contributed by atoms with E-state index in [4.69, 9.17) is 29.3 Å². The number of aliphatic hydroxyl groups is 1. The lowest BCUT2D eigenvalue weighted by molar-refractivity contribution is -0.466. The van der Waals surface area contributed by atoms with Crippen LogP contribution in [0.3, 0.4) is 0 Å². The predicted octanol–water partition coefficient (Wildman–Crippen LogP) is 4.44. The highest BCUT2D eigenvalue weighted by Gasteiger charge is 2.89. The van der Waals surface area contributed by atoms with E-state index in [0.29, 0.717) is 12.0 Å². The zero-order valence-electron chi connectivity index (χ0n) is 22.0. The fourth-order valence-electron chi connectivity index (χ4n) is 10.0. The molecule has 0 amide bonds. The van der Waals surface area contributed by atoms with Crippen molar-refractivity contribution in [3.05, 3.63) is 33.9 Å². The van der Waals surface area contributed by atoms with Crippen molar-refractivity contribution in [1.29, 1.82) is 0 Å². The molecule has 0 aromatic heterocycles.